The third-order valence-electron chi connectivity index (χ3n) is 3.02. The molecule has 0 bridgehead atoms. The number of halogens is 1. The van der Waals surface area contributed by atoms with Gasteiger partial charge in [-0.2, -0.15) is 0 Å². The molecule has 2 aromatic rings. The summed E-state index contributed by atoms with van der Waals surface area (Å²) >= 11 is 0. The molecule has 0 aromatic heterocycles. The number of esters is 1. The second-order valence-electron chi connectivity index (χ2n) is 4.56. The second kappa shape index (κ2) is 7.91. The van der Waals surface area contributed by atoms with Crippen LogP contribution in [0.15, 0.2) is 42.5 Å². The monoisotopic (exact) mass is 335 g/mol. The molecule has 7 nitrogen and oxygen atoms in total. The number of para-hydroxylation sites is 1. The number of nitrogens with zero attached hydrogens (tertiary/aromatic N) is 1. The SMILES string of the molecule is COc1ccc(C(=O)OCCOc2ccccc2F)cc1[N+](=O)[O-]. The van der Waals surface area contributed by atoms with E-state index >= 15 is 0 Å². The van der Waals surface area contributed by atoms with Gasteiger partial charge in [0.05, 0.1) is 17.6 Å². The lowest BCUT2D eigenvalue weighted by Crippen LogP contribution is -2.13. The van der Waals surface area contributed by atoms with Crippen LogP contribution in [0.2, 0.25) is 0 Å². The summed E-state index contributed by atoms with van der Waals surface area (Å²) in [5.74, 6) is -1.18. The van der Waals surface area contributed by atoms with E-state index in [-0.39, 0.29) is 36.0 Å². The van der Waals surface area contributed by atoms with E-state index in [0.29, 0.717) is 0 Å². The molecule has 0 heterocycles. The fourth-order valence-electron chi connectivity index (χ4n) is 1.89. The first kappa shape index (κ1) is 17.2. The zero-order valence-corrected chi connectivity index (χ0v) is 12.7. The van der Waals surface area contributed by atoms with E-state index in [2.05, 4.69) is 0 Å². The van der Waals surface area contributed by atoms with E-state index < -0.39 is 16.7 Å². The molecule has 0 aliphatic rings. The van der Waals surface area contributed by atoms with Gasteiger partial charge >= 0.3 is 11.7 Å². The zero-order valence-electron chi connectivity index (χ0n) is 12.7. The minimum Gasteiger partial charge on any atom is -0.490 e. The number of nitro groups is 1. The van der Waals surface area contributed by atoms with Crippen molar-refractivity contribution in [3.63, 3.8) is 0 Å². The highest BCUT2D eigenvalue weighted by Gasteiger charge is 2.18. The molecule has 0 fully saturated rings. The van der Waals surface area contributed by atoms with E-state index in [9.17, 15) is 19.3 Å². The Bertz CT molecular complexity index is 749. The van der Waals surface area contributed by atoms with Crippen LogP contribution in [-0.2, 0) is 4.74 Å². The molecule has 126 valence electrons. The van der Waals surface area contributed by atoms with Crippen LogP contribution in [0.3, 0.4) is 0 Å². The van der Waals surface area contributed by atoms with Crippen LogP contribution < -0.4 is 9.47 Å². The molecule has 0 atom stereocenters. The molecule has 0 amide bonds. The molecule has 2 rings (SSSR count). The number of nitro benzene ring substituents is 1. The number of ether oxygens (including phenoxy) is 3. The van der Waals surface area contributed by atoms with Crippen LogP contribution in [0.4, 0.5) is 10.1 Å². The highest BCUT2D eigenvalue weighted by molar-refractivity contribution is 5.90. The van der Waals surface area contributed by atoms with Crippen LogP contribution >= 0.6 is 0 Å². The molecule has 2 aromatic carbocycles. The molecule has 0 saturated heterocycles. The van der Waals surface area contributed by atoms with Gasteiger partial charge in [-0.1, -0.05) is 12.1 Å². The minimum atomic E-state index is -0.752. The molecule has 0 aliphatic carbocycles. The number of methoxy groups -OCH3 is 1. The van der Waals surface area contributed by atoms with Crippen molar-refractivity contribution in [2.24, 2.45) is 0 Å². The predicted molar refractivity (Wildman–Crippen MR) is 81.8 cm³/mol. The number of hydrogen-bond acceptors (Lipinski definition) is 6. The fourth-order valence-corrected chi connectivity index (χ4v) is 1.89. The van der Waals surface area contributed by atoms with Gasteiger partial charge in [-0.3, -0.25) is 10.1 Å². The van der Waals surface area contributed by atoms with Gasteiger partial charge in [0.25, 0.3) is 0 Å². The van der Waals surface area contributed by atoms with Gasteiger partial charge in [-0.25, -0.2) is 9.18 Å². The van der Waals surface area contributed by atoms with E-state index in [1.54, 1.807) is 6.07 Å². The van der Waals surface area contributed by atoms with Crippen molar-refractivity contribution in [1.82, 2.24) is 0 Å². The number of hydrogen-bond donors (Lipinski definition) is 0. The van der Waals surface area contributed by atoms with Crippen LogP contribution in [0.5, 0.6) is 11.5 Å². The lowest BCUT2D eigenvalue weighted by Gasteiger charge is -2.08. The molecule has 0 aliphatic heterocycles. The van der Waals surface area contributed by atoms with E-state index in [4.69, 9.17) is 14.2 Å². The Morgan fingerprint density at radius 3 is 2.58 bits per heavy atom. The van der Waals surface area contributed by atoms with Crippen molar-refractivity contribution < 1.29 is 28.3 Å². The summed E-state index contributed by atoms with van der Waals surface area (Å²) < 4.78 is 28.3. The van der Waals surface area contributed by atoms with Gasteiger partial charge in [-0.15, -0.1) is 0 Å². The van der Waals surface area contributed by atoms with Crippen LogP contribution in [0.25, 0.3) is 0 Å². The number of benzene rings is 2. The van der Waals surface area contributed by atoms with Gasteiger partial charge in [0.1, 0.15) is 13.2 Å². The van der Waals surface area contributed by atoms with Gasteiger partial charge in [0.15, 0.2) is 17.3 Å². The van der Waals surface area contributed by atoms with Crippen molar-refractivity contribution in [2.75, 3.05) is 20.3 Å². The van der Waals surface area contributed by atoms with Gasteiger partial charge < -0.3 is 14.2 Å². The normalized spacial score (nSPS) is 10.1. The molecule has 8 heteroatoms. The highest BCUT2D eigenvalue weighted by atomic mass is 19.1. The third kappa shape index (κ3) is 4.19. The molecule has 24 heavy (non-hydrogen) atoms. The zero-order chi connectivity index (χ0) is 17.5. The van der Waals surface area contributed by atoms with Crippen LogP contribution in [0.1, 0.15) is 10.4 Å². The standard InChI is InChI=1S/C16H14FNO6/c1-22-15-7-6-11(10-13(15)18(20)21)16(19)24-9-8-23-14-5-3-2-4-12(14)17/h2-7,10H,8-9H2,1H3. The summed E-state index contributed by atoms with van der Waals surface area (Å²) in [7, 11) is 1.29. The summed E-state index contributed by atoms with van der Waals surface area (Å²) in [5, 5.41) is 10.9. The molecule has 0 N–H and O–H groups in total. The Kier molecular flexibility index (Phi) is 5.67. The smallest absolute Gasteiger partial charge is 0.338 e. The molecular weight excluding hydrogens is 321 g/mol. The lowest BCUT2D eigenvalue weighted by molar-refractivity contribution is -0.385. The second-order valence-corrected chi connectivity index (χ2v) is 4.56. The average molecular weight is 335 g/mol. The third-order valence-corrected chi connectivity index (χ3v) is 3.02. The number of rotatable bonds is 7. The van der Waals surface area contributed by atoms with E-state index in [1.807, 2.05) is 0 Å². The van der Waals surface area contributed by atoms with Crippen molar-refractivity contribution in [1.29, 1.82) is 0 Å². The maximum atomic E-state index is 13.3. The van der Waals surface area contributed by atoms with Crippen LogP contribution in [-0.4, -0.2) is 31.2 Å². The first-order chi connectivity index (χ1) is 11.5. The lowest BCUT2D eigenvalue weighted by atomic mass is 10.2. The maximum absolute atomic E-state index is 13.3. The van der Waals surface area contributed by atoms with Crippen molar-refractivity contribution >= 4 is 11.7 Å². The van der Waals surface area contributed by atoms with Crippen molar-refractivity contribution in [3.05, 3.63) is 64.0 Å². The largest absolute Gasteiger partial charge is 0.490 e. The molecule has 0 unspecified atom stereocenters. The highest BCUT2D eigenvalue weighted by Crippen LogP contribution is 2.27. The fraction of sp³-hybridized carbons (Fsp3) is 0.188. The maximum Gasteiger partial charge on any atom is 0.338 e. The average Bonchev–Trinajstić information content (AvgIpc) is 2.59. The number of carbonyl (C=O) groups is 1. The Labute approximate surface area is 136 Å². The van der Waals surface area contributed by atoms with E-state index in [1.165, 1.54) is 37.4 Å². The van der Waals surface area contributed by atoms with Crippen molar-refractivity contribution in [3.8, 4) is 11.5 Å². The van der Waals surface area contributed by atoms with Crippen molar-refractivity contribution in [2.45, 2.75) is 0 Å². The minimum absolute atomic E-state index is 0.00777. The first-order valence-corrected chi connectivity index (χ1v) is 6.90. The number of carbonyl (C=O) groups excluding carboxylic acids is 1. The summed E-state index contributed by atoms with van der Waals surface area (Å²) in [6, 6.07) is 9.57. The Balaban J connectivity index is 1.92. The molecule has 0 radical (unpaired) electrons. The van der Waals surface area contributed by atoms with E-state index in [0.717, 1.165) is 6.07 Å². The Hall–Kier alpha value is -3.16. The quantitative estimate of drug-likeness (QED) is 0.334. The van der Waals surface area contributed by atoms with Gasteiger partial charge in [0.2, 0.25) is 0 Å². The molecular formula is C16H14FNO6. The Morgan fingerprint density at radius 2 is 1.92 bits per heavy atom. The summed E-state index contributed by atoms with van der Waals surface area (Å²) in [6.07, 6.45) is 0. The summed E-state index contributed by atoms with van der Waals surface area (Å²) in [6.45, 7) is -0.183. The molecule has 0 saturated carbocycles. The van der Waals surface area contributed by atoms with Gasteiger partial charge in [0, 0.05) is 6.07 Å². The Morgan fingerprint density at radius 1 is 1.17 bits per heavy atom. The topological polar surface area (TPSA) is 87.9 Å². The summed E-state index contributed by atoms with van der Waals surface area (Å²) in [5.41, 5.74) is -0.331. The predicted octanol–water partition coefficient (Wildman–Crippen LogP) is 2.98. The summed E-state index contributed by atoms with van der Waals surface area (Å²) in [4.78, 5) is 22.1. The molecule has 0 spiro atoms. The van der Waals surface area contributed by atoms with Gasteiger partial charge in [-0.05, 0) is 24.3 Å². The first-order valence-electron chi connectivity index (χ1n) is 6.90. The van der Waals surface area contributed by atoms with Crippen LogP contribution in [0, 0.1) is 15.9 Å².